The van der Waals surface area contributed by atoms with E-state index in [2.05, 4.69) is 38.1 Å². The van der Waals surface area contributed by atoms with Crippen molar-refractivity contribution in [3.05, 3.63) is 35.4 Å². The maximum atomic E-state index is 10.4. The molecule has 0 aliphatic rings. The highest BCUT2D eigenvalue weighted by Gasteiger charge is 2.06. The second-order valence-electron chi connectivity index (χ2n) is 4.04. The minimum atomic E-state index is -0.706. The molecular formula is C13H18O2S. The predicted molar refractivity (Wildman–Crippen MR) is 68.8 cm³/mol. The monoisotopic (exact) mass is 238 g/mol. The number of carboxylic acids is 1. The van der Waals surface area contributed by atoms with Gasteiger partial charge in [-0.1, -0.05) is 36.8 Å². The number of carbonyl (C=O) groups is 1. The van der Waals surface area contributed by atoms with Crippen LogP contribution in [-0.4, -0.2) is 16.3 Å². The Kier molecular flexibility index (Phi) is 5.39. The lowest BCUT2D eigenvalue weighted by atomic mass is 10.2. The van der Waals surface area contributed by atoms with Gasteiger partial charge < -0.3 is 5.11 Å². The molecule has 0 aromatic heterocycles. The van der Waals surface area contributed by atoms with Gasteiger partial charge in [-0.25, -0.2) is 0 Å². The molecule has 0 fully saturated rings. The van der Waals surface area contributed by atoms with Gasteiger partial charge in [-0.3, -0.25) is 4.79 Å². The van der Waals surface area contributed by atoms with Crippen LogP contribution in [0.15, 0.2) is 24.3 Å². The molecule has 1 unspecified atom stereocenters. The average molecular weight is 238 g/mol. The van der Waals surface area contributed by atoms with Crippen molar-refractivity contribution in [2.24, 2.45) is 0 Å². The summed E-state index contributed by atoms with van der Waals surface area (Å²) in [5.41, 5.74) is 2.59. The topological polar surface area (TPSA) is 37.3 Å². The second kappa shape index (κ2) is 6.59. The Balaban J connectivity index is 2.31. The summed E-state index contributed by atoms with van der Waals surface area (Å²) in [5, 5.41) is 8.97. The minimum Gasteiger partial charge on any atom is -0.481 e. The molecule has 1 aromatic carbocycles. The van der Waals surface area contributed by atoms with Crippen molar-refractivity contribution in [2.45, 2.75) is 37.7 Å². The molecule has 0 heterocycles. The van der Waals surface area contributed by atoms with Gasteiger partial charge in [0.25, 0.3) is 0 Å². The molecule has 0 saturated heterocycles. The third-order valence-corrected chi connectivity index (χ3v) is 3.69. The first-order valence-corrected chi connectivity index (χ1v) is 6.51. The van der Waals surface area contributed by atoms with Crippen LogP contribution < -0.4 is 0 Å². The van der Waals surface area contributed by atoms with E-state index in [9.17, 15) is 4.79 Å². The average Bonchev–Trinajstić information content (AvgIpc) is 2.23. The van der Waals surface area contributed by atoms with Crippen LogP contribution in [-0.2, 0) is 10.5 Å². The van der Waals surface area contributed by atoms with Gasteiger partial charge in [-0.15, -0.1) is 0 Å². The maximum Gasteiger partial charge on any atom is 0.303 e. The van der Waals surface area contributed by atoms with E-state index in [0.29, 0.717) is 5.25 Å². The van der Waals surface area contributed by atoms with Crippen LogP contribution in [0.25, 0.3) is 0 Å². The number of thioether (sulfide) groups is 1. The van der Waals surface area contributed by atoms with Gasteiger partial charge in [0.1, 0.15) is 0 Å². The first kappa shape index (κ1) is 13.1. The van der Waals surface area contributed by atoms with E-state index in [1.54, 1.807) is 0 Å². The fraction of sp³-hybridized carbons (Fsp3) is 0.462. The van der Waals surface area contributed by atoms with Crippen molar-refractivity contribution < 1.29 is 9.90 Å². The number of rotatable bonds is 6. The number of aryl methyl sites for hydroxylation is 1. The molecule has 0 amide bonds. The lowest BCUT2D eigenvalue weighted by Gasteiger charge is -2.09. The first-order chi connectivity index (χ1) is 7.58. The number of hydrogen-bond donors (Lipinski definition) is 1. The molecule has 1 aromatic rings. The fourth-order valence-electron chi connectivity index (χ4n) is 1.45. The maximum absolute atomic E-state index is 10.4. The van der Waals surface area contributed by atoms with E-state index >= 15 is 0 Å². The quantitative estimate of drug-likeness (QED) is 0.824. The van der Waals surface area contributed by atoms with Crippen molar-refractivity contribution in [1.82, 2.24) is 0 Å². The molecular weight excluding hydrogens is 220 g/mol. The Bertz CT molecular complexity index is 350. The molecule has 0 spiro atoms. The van der Waals surface area contributed by atoms with Crippen LogP contribution in [0.2, 0.25) is 0 Å². The van der Waals surface area contributed by atoms with Crippen LogP contribution in [0.4, 0.5) is 0 Å². The highest BCUT2D eigenvalue weighted by Crippen LogP contribution is 2.21. The highest BCUT2D eigenvalue weighted by molar-refractivity contribution is 7.99. The molecule has 1 N–H and O–H groups in total. The summed E-state index contributed by atoms with van der Waals surface area (Å²) in [4.78, 5) is 10.4. The molecule has 0 aliphatic carbocycles. The largest absolute Gasteiger partial charge is 0.481 e. The van der Waals surface area contributed by atoms with Gasteiger partial charge in [0, 0.05) is 17.4 Å². The summed E-state index contributed by atoms with van der Waals surface area (Å²) < 4.78 is 0. The van der Waals surface area contributed by atoms with E-state index in [-0.39, 0.29) is 6.42 Å². The third-order valence-electron chi connectivity index (χ3n) is 2.38. The molecule has 1 atom stereocenters. The van der Waals surface area contributed by atoms with Gasteiger partial charge in [0.15, 0.2) is 0 Å². The number of aliphatic carboxylic acids is 1. The Hall–Kier alpha value is -0.960. The van der Waals surface area contributed by atoms with Crippen LogP contribution in [0.3, 0.4) is 0 Å². The summed E-state index contributed by atoms with van der Waals surface area (Å²) in [5.74, 6) is 0.255. The third kappa shape index (κ3) is 5.21. The van der Waals surface area contributed by atoms with Crippen LogP contribution in [0.1, 0.15) is 30.9 Å². The minimum absolute atomic E-state index is 0.266. The second-order valence-corrected chi connectivity index (χ2v) is 5.47. The van der Waals surface area contributed by atoms with Gasteiger partial charge in [0.2, 0.25) is 0 Å². The van der Waals surface area contributed by atoms with E-state index in [0.717, 1.165) is 12.2 Å². The Morgan fingerprint density at radius 3 is 2.88 bits per heavy atom. The summed E-state index contributed by atoms with van der Waals surface area (Å²) in [6.45, 7) is 4.17. The predicted octanol–water partition coefficient (Wildman–Crippen LogP) is 3.48. The molecule has 1 rings (SSSR count). The zero-order chi connectivity index (χ0) is 12.0. The van der Waals surface area contributed by atoms with Crippen molar-refractivity contribution in [2.75, 3.05) is 0 Å². The summed E-state index contributed by atoms with van der Waals surface area (Å²) in [6.07, 6.45) is 1.01. The lowest BCUT2D eigenvalue weighted by molar-refractivity contribution is -0.137. The first-order valence-electron chi connectivity index (χ1n) is 5.47. The van der Waals surface area contributed by atoms with E-state index in [1.165, 1.54) is 11.1 Å². The molecule has 0 bridgehead atoms. The molecule has 0 saturated carbocycles. The standard InChI is InChI=1S/C13H18O2S/c1-10-4-3-5-12(8-10)9-16-11(2)6-7-13(14)15/h3-5,8,11H,6-7,9H2,1-2H3,(H,14,15). The zero-order valence-electron chi connectivity index (χ0n) is 9.77. The summed E-state index contributed by atoms with van der Waals surface area (Å²) >= 11 is 1.82. The van der Waals surface area contributed by atoms with Gasteiger partial charge in [-0.2, -0.15) is 11.8 Å². The van der Waals surface area contributed by atoms with Gasteiger partial charge in [0.05, 0.1) is 0 Å². The van der Waals surface area contributed by atoms with Crippen LogP contribution in [0.5, 0.6) is 0 Å². The smallest absolute Gasteiger partial charge is 0.303 e. The Labute approximate surface area is 101 Å². The van der Waals surface area contributed by atoms with Gasteiger partial charge >= 0.3 is 5.97 Å². The molecule has 0 radical (unpaired) electrons. The van der Waals surface area contributed by atoms with Crippen molar-refractivity contribution in [3.8, 4) is 0 Å². The fourth-order valence-corrected chi connectivity index (χ4v) is 2.39. The highest BCUT2D eigenvalue weighted by atomic mass is 32.2. The molecule has 0 aliphatic heterocycles. The number of benzene rings is 1. The molecule has 2 nitrogen and oxygen atoms in total. The summed E-state index contributed by atoms with van der Waals surface area (Å²) in [6, 6.07) is 8.44. The van der Waals surface area contributed by atoms with Crippen molar-refractivity contribution >= 4 is 17.7 Å². The van der Waals surface area contributed by atoms with Crippen molar-refractivity contribution in [1.29, 1.82) is 0 Å². The molecule has 3 heteroatoms. The van der Waals surface area contributed by atoms with E-state index < -0.39 is 5.97 Å². The van der Waals surface area contributed by atoms with E-state index in [1.807, 2.05) is 11.8 Å². The lowest BCUT2D eigenvalue weighted by Crippen LogP contribution is -2.02. The molecule has 88 valence electrons. The number of carboxylic acid groups (broad SMARTS) is 1. The van der Waals surface area contributed by atoms with Crippen LogP contribution >= 0.6 is 11.8 Å². The van der Waals surface area contributed by atoms with Crippen LogP contribution in [0, 0.1) is 6.92 Å². The Morgan fingerprint density at radius 1 is 1.50 bits per heavy atom. The van der Waals surface area contributed by atoms with Crippen molar-refractivity contribution in [3.63, 3.8) is 0 Å². The normalized spacial score (nSPS) is 12.4. The SMILES string of the molecule is Cc1cccc(CSC(C)CCC(=O)O)c1. The van der Waals surface area contributed by atoms with E-state index in [4.69, 9.17) is 5.11 Å². The summed E-state index contributed by atoms with van der Waals surface area (Å²) in [7, 11) is 0. The van der Waals surface area contributed by atoms with Gasteiger partial charge in [-0.05, 0) is 18.9 Å². The Morgan fingerprint density at radius 2 is 2.25 bits per heavy atom. The number of hydrogen-bond acceptors (Lipinski definition) is 2. The molecule has 16 heavy (non-hydrogen) atoms. The zero-order valence-corrected chi connectivity index (χ0v) is 10.6.